The molecule has 142 valence electrons. The zero-order valence-electron chi connectivity index (χ0n) is 15.3. The number of nitrogens with zero attached hydrogens (tertiary/aromatic N) is 3. The first-order chi connectivity index (χ1) is 12.5. The zero-order chi connectivity index (χ0) is 18.7. The van der Waals surface area contributed by atoms with E-state index in [1.54, 1.807) is 22.5 Å². The number of ether oxygens (including phenoxy) is 1. The van der Waals surface area contributed by atoms with Gasteiger partial charge in [-0.1, -0.05) is 18.7 Å². The monoisotopic (exact) mass is 379 g/mol. The highest BCUT2D eigenvalue weighted by molar-refractivity contribution is 7.99. The first-order valence-corrected chi connectivity index (χ1v) is 10.2. The normalized spacial score (nSPS) is 20.1. The lowest BCUT2D eigenvalue weighted by molar-refractivity contribution is -0.151. The molecule has 1 amide bonds. The van der Waals surface area contributed by atoms with Gasteiger partial charge in [0.25, 0.3) is 5.56 Å². The summed E-state index contributed by atoms with van der Waals surface area (Å²) in [6.07, 6.45) is 2.31. The molecule has 0 aliphatic carbocycles. The van der Waals surface area contributed by atoms with Crippen LogP contribution in [0.15, 0.2) is 16.0 Å². The Morgan fingerprint density at radius 1 is 1.31 bits per heavy atom. The van der Waals surface area contributed by atoms with Crippen LogP contribution in [0.2, 0.25) is 0 Å². The molecule has 0 spiro atoms. The van der Waals surface area contributed by atoms with Gasteiger partial charge in [-0.3, -0.25) is 19.0 Å². The van der Waals surface area contributed by atoms with E-state index in [9.17, 15) is 14.4 Å². The first kappa shape index (κ1) is 18.9. The molecule has 1 aromatic rings. The van der Waals surface area contributed by atoms with Crippen molar-refractivity contribution in [1.29, 1.82) is 0 Å². The largest absolute Gasteiger partial charge is 0.466 e. The lowest BCUT2D eigenvalue weighted by Gasteiger charge is -2.31. The van der Waals surface area contributed by atoms with Crippen molar-refractivity contribution < 1.29 is 14.3 Å². The maximum Gasteiger partial charge on any atom is 0.309 e. The summed E-state index contributed by atoms with van der Waals surface area (Å²) in [5, 5.41) is 0.716. The lowest BCUT2D eigenvalue weighted by Crippen LogP contribution is -2.41. The molecule has 0 radical (unpaired) electrons. The molecule has 2 aliphatic rings. The molecule has 1 fully saturated rings. The van der Waals surface area contributed by atoms with E-state index >= 15 is 0 Å². The third kappa shape index (κ3) is 3.95. The summed E-state index contributed by atoms with van der Waals surface area (Å²) in [5.41, 5.74) is 0.720. The zero-order valence-corrected chi connectivity index (χ0v) is 16.1. The maximum absolute atomic E-state index is 12.7. The number of esters is 1. The van der Waals surface area contributed by atoms with E-state index in [4.69, 9.17) is 4.74 Å². The molecule has 2 aliphatic heterocycles. The number of aromatic nitrogens is 2. The third-order valence-electron chi connectivity index (χ3n) is 4.98. The van der Waals surface area contributed by atoms with E-state index in [1.165, 1.54) is 11.8 Å². The molecule has 7 nitrogen and oxygen atoms in total. The van der Waals surface area contributed by atoms with Gasteiger partial charge in [0.15, 0.2) is 5.16 Å². The smallest absolute Gasteiger partial charge is 0.309 e. The molecule has 0 N–H and O–H groups in total. The number of amides is 1. The third-order valence-corrected chi connectivity index (χ3v) is 6.08. The van der Waals surface area contributed by atoms with Gasteiger partial charge < -0.3 is 9.64 Å². The molecule has 3 rings (SSSR count). The molecular formula is C18H25N3O4S. The van der Waals surface area contributed by atoms with Gasteiger partial charge in [-0.25, -0.2) is 4.98 Å². The quantitative estimate of drug-likeness (QED) is 0.571. The molecule has 0 saturated carbocycles. The Bertz CT molecular complexity index is 740. The molecule has 1 aromatic heterocycles. The second-order valence-corrected chi connectivity index (χ2v) is 7.66. The van der Waals surface area contributed by atoms with Crippen molar-refractivity contribution >= 4 is 23.6 Å². The van der Waals surface area contributed by atoms with Gasteiger partial charge in [0.2, 0.25) is 5.91 Å². The van der Waals surface area contributed by atoms with Gasteiger partial charge in [-0.2, -0.15) is 0 Å². The van der Waals surface area contributed by atoms with Crippen LogP contribution < -0.4 is 5.56 Å². The van der Waals surface area contributed by atoms with Gasteiger partial charge in [0, 0.05) is 37.0 Å². The number of carbonyl (C=O) groups is 2. The number of piperidine rings is 1. The number of hydrogen-bond acceptors (Lipinski definition) is 6. The van der Waals surface area contributed by atoms with Crippen molar-refractivity contribution in [3.8, 4) is 0 Å². The van der Waals surface area contributed by atoms with E-state index in [0.29, 0.717) is 49.9 Å². The number of aryl methyl sites for hydroxylation is 1. The average molecular weight is 379 g/mol. The van der Waals surface area contributed by atoms with Crippen LogP contribution in [0.3, 0.4) is 0 Å². The SMILES string of the molecule is CCOC(=O)C1CCN(C(=O)CC2CSc3nc(CC)cc(=O)n32)CC1. The second-order valence-electron chi connectivity index (χ2n) is 6.67. The average Bonchev–Trinajstić information content (AvgIpc) is 3.05. The summed E-state index contributed by atoms with van der Waals surface area (Å²) in [7, 11) is 0. The number of carbonyl (C=O) groups excluding carboxylic acids is 2. The highest BCUT2D eigenvalue weighted by Crippen LogP contribution is 2.33. The van der Waals surface area contributed by atoms with E-state index in [2.05, 4.69) is 4.98 Å². The molecule has 3 heterocycles. The van der Waals surface area contributed by atoms with Crippen LogP contribution in [0.5, 0.6) is 0 Å². The number of thioether (sulfide) groups is 1. The molecule has 1 saturated heterocycles. The van der Waals surface area contributed by atoms with Crippen LogP contribution in [0.1, 0.15) is 44.8 Å². The topological polar surface area (TPSA) is 81.5 Å². The Balaban J connectivity index is 1.59. The minimum Gasteiger partial charge on any atom is -0.466 e. The summed E-state index contributed by atoms with van der Waals surface area (Å²) in [5.74, 6) is 0.462. The molecule has 0 bridgehead atoms. The number of fused-ring (bicyclic) bond motifs is 1. The predicted octanol–water partition coefficient (Wildman–Crippen LogP) is 1.64. The fourth-order valence-corrected chi connectivity index (χ4v) is 4.65. The van der Waals surface area contributed by atoms with Crippen molar-refractivity contribution in [1.82, 2.24) is 14.5 Å². The van der Waals surface area contributed by atoms with Crippen LogP contribution in [0.25, 0.3) is 0 Å². The Labute approximate surface area is 157 Å². The molecule has 0 aromatic carbocycles. The van der Waals surface area contributed by atoms with Gasteiger partial charge >= 0.3 is 5.97 Å². The van der Waals surface area contributed by atoms with Crippen molar-refractivity contribution in [3.05, 3.63) is 22.1 Å². The molecule has 26 heavy (non-hydrogen) atoms. The highest BCUT2D eigenvalue weighted by atomic mass is 32.2. The van der Waals surface area contributed by atoms with Crippen LogP contribution in [-0.2, 0) is 20.7 Å². The van der Waals surface area contributed by atoms with Crippen LogP contribution in [0.4, 0.5) is 0 Å². The number of rotatable bonds is 5. The number of likely N-dealkylation sites (tertiary alicyclic amines) is 1. The van der Waals surface area contributed by atoms with Crippen molar-refractivity contribution in [3.63, 3.8) is 0 Å². The summed E-state index contributed by atoms with van der Waals surface area (Å²) in [4.78, 5) is 43.1. The molecule has 1 atom stereocenters. The fraction of sp³-hybridized carbons (Fsp3) is 0.667. The summed E-state index contributed by atoms with van der Waals surface area (Å²) >= 11 is 1.54. The van der Waals surface area contributed by atoms with Crippen molar-refractivity contribution in [2.75, 3.05) is 25.4 Å². The minimum absolute atomic E-state index is 0.0391. The maximum atomic E-state index is 12.7. The summed E-state index contributed by atoms with van der Waals surface area (Å²) < 4.78 is 6.73. The Kier molecular flexibility index (Phi) is 6.01. The van der Waals surface area contributed by atoms with E-state index in [1.807, 2.05) is 6.92 Å². The van der Waals surface area contributed by atoms with Gasteiger partial charge in [-0.05, 0) is 26.2 Å². The van der Waals surface area contributed by atoms with E-state index < -0.39 is 0 Å². The first-order valence-electron chi connectivity index (χ1n) is 9.23. The minimum atomic E-state index is -0.162. The standard InChI is InChI=1S/C18H25N3O4S/c1-3-13-9-16(23)21-14(11-26-18(21)19-13)10-15(22)20-7-5-12(6-8-20)17(24)25-4-2/h9,12,14H,3-8,10-11H2,1-2H3. The second kappa shape index (κ2) is 8.24. The molecular weight excluding hydrogens is 354 g/mol. The highest BCUT2D eigenvalue weighted by Gasteiger charge is 2.32. The molecule has 8 heteroatoms. The fourth-order valence-electron chi connectivity index (χ4n) is 3.49. The Morgan fingerprint density at radius 2 is 2.04 bits per heavy atom. The summed E-state index contributed by atoms with van der Waals surface area (Å²) in [6.45, 7) is 5.29. The molecule has 1 unspecified atom stereocenters. The van der Waals surface area contributed by atoms with E-state index in [0.717, 1.165) is 12.1 Å². The van der Waals surface area contributed by atoms with Crippen LogP contribution >= 0.6 is 11.8 Å². The predicted molar refractivity (Wildman–Crippen MR) is 98.2 cm³/mol. The Morgan fingerprint density at radius 3 is 2.69 bits per heavy atom. The van der Waals surface area contributed by atoms with Crippen molar-refractivity contribution in [2.45, 2.75) is 50.7 Å². The van der Waals surface area contributed by atoms with E-state index in [-0.39, 0.29) is 29.4 Å². The van der Waals surface area contributed by atoms with Crippen molar-refractivity contribution in [2.24, 2.45) is 5.92 Å². The van der Waals surface area contributed by atoms with Crippen LogP contribution in [-0.4, -0.2) is 51.8 Å². The van der Waals surface area contributed by atoms with Gasteiger partial charge in [0.1, 0.15) is 0 Å². The number of hydrogen-bond donors (Lipinski definition) is 0. The van der Waals surface area contributed by atoms with Crippen LogP contribution in [0, 0.1) is 5.92 Å². The summed E-state index contributed by atoms with van der Waals surface area (Å²) in [6, 6.07) is 1.42. The van der Waals surface area contributed by atoms with Gasteiger partial charge in [0.05, 0.1) is 18.6 Å². The lowest BCUT2D eigenvalue weighted by atomic mass is 9.96. The Hall–Kier alpha value is -1.83. The van der Waals surface area contributed by atoms with Gasteiger partial charge in [-0.15, -0.1) is 0 Å².